The van der Waals surface area contributed by atoms with E-state index in [2.05, 4.69) is 10.6 Å². The molecule has 1 heterocycles. The number of hydrogen-bond donors (Lipinski definition) is 3. The molecule has 3 N–H and O–H groups in total. The largest absolute Gasteiger partial charge is 0.480 e. The summed E-state index contributed by atoms with van der Waals surface area (Å²) in [6.45, 7) is 1.81. The minimum Gasteiger partial charge on any atom is -0.480 e. The van der Waals surface area contributed by atoms with Gasteiger partial charge in [-0.25, -0.2) is 0 Å². The molecule has 0 aliphatic heterocycles. The van der Waals surface area contributed by atoms with E-state index < -0.39 is 12.0 Å². The van der Waals surface area contributed by atoms with Gasteiger partial charge in [0.15, 0.2) is 0 Å². The molecule has 2 unspecified atom stereocenters. The maximum absolute atomic E-state index is 11.7. The maximum Gasteiger partial charge on any atom is 0.320 e. The number of aliphatic carboxylic acids is 1. The van der Waals surface area contributed by atoms with Crippen molar-refractivity contribution in [3.63, 3.8) is 0 Å². The van der Waals surface area contributed by atoms with E-state index in [4.69, 9.17) is 9.52 Å². The summed E-state index contributed by atoms with van der Waals surface area (Å²) in [5, 5.41) is 14.6. The third-order valence-electron chi connectivity index (χ3n) is 3.19. The molecule has 6 nitrogen and oxygen atoms in total. The molecule has 2 atom stereocenters. The minimum atomic E-state index is -0.894. The fraction of sp³-hybridized carbons (Fsp3) is 0.538. The quantitative estimate of drug-likeness (QED) is 0.682. The highest BCUT2D eigenvalue weighted by atomic mass is 16.4. The molecule has 0 saturated heterocycles. The maximum atomic E-state index is 11.7. The molecule has 0 aromatic carbocycles. The van der Waals surface area contributed by atoms with E-state index in [1.54, 1.807) is 18.4 Å². The smallest absolute Gasteiger partial charge is 0.320 e. The van der Waals surface area contributed by atoms with Gasteiger partial charge in [0.1, 0.15) is 11.8 Å². The van der Waals surface area contributed by atoms with Crippen LogP contribution < -0.4 is 10.6 Å². The lowest BCUT2D eigenvalue weighted by Gasteiger charge is -2.15. The van der Waals surface area contributed by atoms with Gasteiger partial charge in [-0.05, 0) is 37.8 Å². The number of carboxylic acid groups (broad SMARTS) is 1. The molecular weight excluding hydrogens is 248 g/mol. The van der Waals surface area contributed by atoms with Gasteiger partial charge >= 0.3 is 5.97 Å². The lowest BCUT2D eigenvalue weighted by Crippen LogP contribution is -2.44. The number of carboxylic acids is 1. The summed E-state index contributed by atoms with van der Waals surface area (Å²) in [6.07, 6.45) is 3.37. The molecule has 0 radical (unpaired) electrons. The zero-order valence-corrected chi connectivity index (χ0v) is 10.8. The van der Waals surface area contributed by atoms with Crippen molar-refractivity contribution in [3.8, 4) is 0 Å². The number of amides is 1. The van der Waals surface area contributed by atoms with Crippen LogP contribution in [0.15, 0.2) is 22.8 Å². The average molecular weight is 266 g/mol. The molecule has 6 heteroatoms. The third-order valence-corrected chi connectivity index (χ3v) is 3.19. The van der Waals surface area contributed by atoms with Gasteiger partial charge in [-0.2, -0.15) is 0 Å². The summed E-state index contributed by atoms with van der Waals surface area (Å²) in [6, 6.07) is 2.69. The molecule has 19 heavy (non-hydrogen) atoms. The van der Waals surface area contributed by atoms with Crippen LogP contribution in [0, 0.1) is 5.92 Å². The van der Waals surface area contributed by atoms with Crippen molar-refractivity contribution < 1.29 is 19.1 Å². The predicted octanol–water partition coefficient (Wildman–Crippen LogP) is 0.910. The van der Waals surface area contributed by atoms with Crippen molar-refractivity contribution in [2.45, 2.75) is 31.8 Å². The SMILES string of the molecule is CC(NC(=O)CNC(C(=O)O)C1CC1)c1ccco1. The number of hydrogen-bond acceptors (Lipinski definition) is 4. The second-order valence-electron chi connectivity index (χ2n) is 4.84. The Bertz CT molecular complexity index is 440. The summed E-state index contributed by atoms with van der Waals surface area (Å²) in [5.41, 5.74) is 0. The van der Waals surface area contributed by atoms with Crippen LogP contribution in [0.5, 0.6) is 0 Å². The Balaban J connectivity index is 1.76. The van der Waals surface area contributed by atoms with Gasteiger partial charge in [0.2, 0.25) is 5.91 Å². The van der Waals surface area contributed by atoms with Gasteiger partial charge in [0, 0.05) is 0 Å². The normalized spacial score (nSPS) is 17.7. The zero-order chi connectivity index (χ0) is 13.8. The lowest BCUT2D eigenvalue weighted by molar-refractivity contribution is -0.140. The van der Waals surface area contributed by atoms with Gasteiger partial charge in [0.05, 0.1) is 18.8 Å². The standard InChI is InChI=1S/C13H18N2O4/c1-8(10-3-2-6-19-10)15-11(16)7-14-12(13(17)18)9-4-5-9/h2-3,6,8-9,12,14H,4-5,7H2,1H3,(H,15,16)(H,17,18). The number of rotatable bonds is 7. The molecule has 104 valence electrons. The predicted molar refractivity (Wildman–Crippen MR) is 67.4 cm³/mol. The van der Waals surface area contributed by atoms with Gasteiger partial charge in [-0.3, -0.25) is 14.9 Å². The van der Waals surface area contributed by atoms with Crippen molar-refractivity contribution in [1.82, 2.24) is 10.6 Å². The third kappa shape index (κ3) is 3.82. The Morgan fingerprint density at radius 1 is 1.53 bits per heavy atom. The molecule has 1 aromatic rings. The first-order valence-electron chi connectivity index (χ1n) is 6.37. The van der Waals surface area contributed by atoms with Crippen molar-refractivity contribution >= 4 is 11.9 Å². The van der Waals surface area contributed by atoms with E-state index in [9.17, 15) is 9.59 Å². The van der Waals surface area contributed by atoms with Gasteiger partial charge in [0.25, 0.3) is 0 Å². The Morgan fingerprint density at radius 3 is 2.79 bits per heavy atom. The number of nitrogens with one attached hydrogen (secondary N) is 2. The zero-order valence-electron chi connectivity index (χ0n) is 10.8. The molecule has 1 fully saturated rings. The molecular formula is C13H18N2O4. The lowest BCUT2D eigenvalue weighted by atomic mass is 10.2. The Hall–Kier alpha value is -1.82. The van der Waals surface area contributed by atoms with E-state index in [0.29, 0.717) is 5.76 Å². The summed E-state index contributed by atoms with van der Waals surface area (Å²) in [4.78, 5) is 22.7. The van der Waals surface area contributed by atoms with Gasteiger partial charge < -0.3 is 14.8 Å². The molecule has 1 aliphatic carbocycles. The molecule has 1 amide bonds. The fourth-order valence-electron chi connectivity index (χ4n) is 1.99. The molecule has 2 rings (SSSR count). The topological polar surface area (TPSA) is 91.6 Å². The highest BCUT2D eigenvalue weighted by Gasteiger charge is 2.36. The Kier molecular flexibility index (Phi) is 4.21. The second kappa shape index (κ2) is 5.88. The van der Waals surface area contributed by atoms with Crippen molar-refractivity contribution in [1.29, 1.82) is 0 Å². The van der Waals surface area contributed by atoms with Crippen LogP contribution in [0.25, 0.3) is 0 Å². The molecule has 0 spiro atoms. The van der Waals surface area contributed by atoms with Gasteiger partial charge in [-0.1, -0.05) is 0 Å². The second-order valence-corrected chi connectivity index (χ2v) is 4.84. The van der Waals surface area contributed by atoms with Crippen LogP contribution in [-0.2, 0) is 9.59 Å². The fourth-order valence-corrected chi connectivity index (χ4v) is 1.99. The molecule has 1 saturated carbocycles. The van der Waals surface area contributed by atoms with Crippen molar-refractivity contribution in [2.24, 2.45) is 5.92 Å². The first-order valence-corrected chi connectivity index (χ1v) is 6.37. The first kappa shape index (κ1) is 13.6. The summed E-state index contributed by atoms with van der Waals surface area (Å²) < 4.78 is 5.18. The van der Waals surface area contributed by atoms with E-state index in [-0.39, 0.29) is 24.4 Å². The van der Waals surface area contributed by atoms with Crippen LogP contribution in [0.1, 0.15) is 31.6 Å². The minimum absolute atomic E-state index is 0.00147. The summed E-state index contributed by atoms with van der Waals surface area (Å²) in [7, 11) is 0. The number of carbonyl (C=O) groups excluding carboxylic acids is 1. The Labute approximate surface area is 111 Å². The highest BCUT2D eigenvalue weighted by Crippen LogP contribution is 2.32. The Morgan fingerprint density at radius 2 is 2.26 bits per heavy atom. The van der Waals surface area contributed by atoms with Crippen LogP contribution >= 0.6 is 0 Å². The van der Waals surface area contributed by atoms with Crippen LogP contribution in [0.3, 0.4) is 0 Å². The van der Waals surface area contributed by atoms with E-state index in [0.717, 1.165) is 12.8 Å². The van der Waals surface area contributed by atoms with Crippen molar-refractivity contribution in [2.75, 3.05) is 6.54 Å². The van der Waals surface area contributed by atoms with Crippen LogP contribution in [0.4, 0.5) is 0 Å². The summed E-state index contributed by atoms with van der Waals surface area (Å²) in [5.74, 6) is -0.302. The first-order chi connectivity index (χ1) is 9.08. The molecule has 1 aliphatic rings. The van der Waals surface area contributed by atoms with E-state index in [1.807, 2.05) is 6.92 Å². The van der Waals surface area contributed by atoms with Gasteiger partial charge in [-0.15, -0.1) is 0 Å². The van der Waals surface area contributed by atoms with E-state index >= 15 is 0 Å². The summed E-state index contributed by atoms with van der Waals surface area (Å²) >= 11 is 0. The monoisotopic (exact) mass is 266 g/mol. The van der Waals surface area contributed by atoms with Crippen molar-refractivity contribution in [3.05, 3.63) is 24.2 Å². The molecule has 0 bridgehead atoms. The molecule has 1 aromatic heterocycles. The van der Waals surface area contributed by atoms with Crippen LogP contribution in [0.2, 0.25) is 0 Å². The number of carbonyl (C=O) groups is 2. The van der Waals surface area contributed by atoms with Crippen LogP contribution in [-0.4, -0.2) is 29.6 Å². The highest BCUT2D eigenvalue weighted by molar-refractivity contribution is 5.80. The number of furan rings is 1. The van der Waals surface area contributed by atoms with E-state index in [1.165, 1.54) is 0 Å². The average Bonchev–Trinajstić information content (AvgIpc) is 3.02.